The molecule has 1 amide bonds. The monoisotopic (exact) mass is 657 g/mol. The Morgan fingerprint density at radius 1 is 0.957 bits per heavy atom. The topological polar surface area (TPSA) is 159 Å². The molecule has 0 aliphatic carbocycles. The first kappa shape index (κ1) is 34.4. The Morgan fingerprint density at radius 3 is 2.23 bits per heavy atom. The molecule has 15 heteroatoms. The third kappa shape index (κ3) is 9.28. The van der Waals surface area contributed by atoms with Crippen molar-refractivity contribution in [3.05, 3.63) is 83.9 Å². The number of nitrogens with one attached hydrogen (secondary N) is 1. The summed E-state index contributed by atoms with van der Waals surface area (Å²) in [4.78, 5) is 35.6. The Balaban J connectivity index is 1.55. The lowest BCUT2D eigenvalue weighted by atomic mass is 10.0. The maximum Gasteiger partial charge on any atom is 0.429 e. The number of hydrogen-bond donors (Lipinski definition) is 3. The molecule has 0 aliphatic rings. The van der Waals surface area contributed by atoms with Gasteiger partial charge in [0.25, 0.3) is 0 Å². The van der Waals surface area contributed by atoms with Gasteiger partial charge in [-0.1, -0.05) is 36.4 Å². The highest BCUT2D eigenvalue weighted by molar-refractivity contribution is 5.80. The van der Waals surface area contributed by atoms with E-state index in [2.05, 4.69) is 20.3 Å². The third-order valence-corrected chi connectivity index (χ3v) is 6.50. The number of anilines is 1. The van der Waals surface area contributed by atoms with Crippen LogP contribution in [-0.4, -0.2) is 57.0 Å². The van der Waals surface area contributed by atoms with Gasteiger partial charge in [-0.2, -0.15) is 18.2 Å². The summed E-state index contributed by atoms with van der Waals surface area (Å²) in [7, 11) is 1.42. The maximum atomic E-state index is 15.2. The highest BCUT2D eigenvalue weighted by Crippen LogP contribution is 2.39. The number of aromatic nitrogens is 3. The molecule has 0 saturated heterocycles. The zero-order valence-corrected chi connectivity index (χ0v) is 25.6. The molecule has 4 rings (SSSR count). The number of alkyl halides is 3. The van der Waals surface area contributed by atoms with Gasteiger partial charge in [-0.25, -0.2) is 19.0 Å². The SMILES string of the molecule is COc1cncc(-c2ccc(C(Oc3cc(-c4ccc(CC(NC(=O)OC(C)(C)C)C(=O)O)cc4)nc(N)n3)C(F)(F)F)c(F)c2)c1. The van der Waals surface area contributed by atoms with Crippen LogP contribution in [0.4, 0.5) is 28.3 Å². The van der Waals surface area contributed by atoms with E-state index in [1.165, 1.54) is 37.7 Å². The molecule has 0 aliphatic heterocycles. The number of nitrogen functional groups attached to an aromatic ring is 1. The Labute approximate surface area is 266 Å². The van der Waals surface area contributed by atoms with Crippen molar-refractivity contribution in [1.29, 1.82) is 0 Å². The normalized spacial score (nSPS) is 12.9. The van der Waals surface area contributed by atoms with Gasteiger partial charge in [0.2, 0.25) is 17.9 Å². The number of carboxylic acid groups (broad SMARTS) is 1. The second-order valence-electron chi connectivity index (χ2n) is 11.3. The van der Waals surface area contributed by atoms with E-state index in [9.17, 15) is 27.9 Å². The minimum absolute atomic E-state index is 0.0861. The fraction of sp³-hybridized carbons (Fsp3) is 0.281. The van der Waals surface area contributed by atoms with Crippen molar-refractivity contribution in [1.82, 2.24) is 20.3 Å². The second kappa shape index (κ2) is 13.9. The fourth-order valence-corrected chi connectivity index (χ4v) is 4.38. The van der Waals surface area contributed by atoms with Crippen LogP contribution in [-0.2, 0) is 16.0 Å². The lowest BCUT2D eigenvalue weighted by Gasteiger charge is -2.22. The van der Waals surface area contributed by atoms with E-state index in [1.54, 1.807) is 39.0 Å². The first-order valence-corrected chi connectivity index (χ1v) is 14.0. The summed E-state index contributed by atoms with van der Waals surface area (Å²) in [5.41, 5.74) is 5.85. The summed E-state index contributed by atoms with van der Waals surface area (Å²) in [6, 6.07) is 10.7. The molecule has 2 unspecified atom stereocenters. The van der Waals surface area contributed by atoms with Crippen molar-refractivity contribution in [2.24, 2.45) is 0 Å². The number of alkyl carbamates (subject to hydrolysis) is 1. The van der Waals surface area contributed by atoms with E-state index in [1.807, 2.05) is 0 Å². The molecule has 0 fully saturated rings. The first-order chi connectivity index (χ1) is 22.0. The van der Waals surface area contributed by atoms with Gasteiger partial charge in [0.05, 0.1) is 19.0 Å². The average molecular weight is 658 g/mol. The number of carbonyl (C=O) groups excluding carboxylic acids is 1. The standard InChI is InChI=1S/C32H31F4N5O6/c1-31(2,3)47-30(44)40-25(28(42)43)11-17-5-7-18(8-6-17)24-14-26(41-29(37)39-24)46-27(32(34,35)36)22-10-9-19(13-23(22)33)20-12-21(45-4)16-38-15-20/h5-10,12-16,25,27H,11H2,1-4H3,(H,40,44)(H,42,43)(H2,37,39,41). The molecule has 4 N–H and O–H groups in total. The Kier molecular flexibility index (Phi) is 10.2. The molecule has 0 bridgehead atoms. The molecule has 0 radical (unpaired) electrons. The quantitative estimate of drug-likeness (QED) is 0.169. The number of ether oxygens (including phenoxy) is 3. The number of hydrogen-bond acceptors (Lipinski definition) is 9. The van der Waals surface area contributed by atoms with E-state index in [-0.39, 0.29) is 17.7 Å². The summed E-state index contributed by atoms with van der Waals surface area (Å²) in [5, 5.41) is 11.9. The van der Waals surface area contributed by atoms with Crippen LogP contribution >= 0.6 is 0 Å². The number of rotatable bonds is 10. The molecule has 11 nitrogen and oxygen atoms in total. The largest absolute Gasteiger partial charge is 0.495 e. The van der Waals surface area contributed by atoms with Crippen molar-refractivity contribution < 1.29 is 46.5 Å². The highest BCUT2D eigenvalue weighted by Gasteiger charge is 2.45. The first-order valence-electron chi connectivity index (χ1n) is 14.0. The smallest absolute Gasteiger partial charge is 0.429 e. The number of carboxylic acids is 1. The molecule has 2 heterocycles. The van der Waals surface area contributed by atoms with Gasteiger partial charge in [-0.3, -0.25) is 4.98 Å². The molecule has 0 saturated carbocycles. The number of halogens is 4. The number of benzene rings is 2. The van der Waals surface area contributed by atoms with Gasteiger partial charge < -0.3 is 30.4 Å². The Bertz CT molecular complexity index is 1750. The zero-order valence-electron chi connectivity index (χ0n) is 25.6. The summed E-state index contributed by atoms with van der Waals surface area (Å²) < 4.78 is 73.3. The number of aliphatic carboxylic acids is 1. The van der Waals surface area contributed by atoms with E-state index in [0.717, 1.165) is 18.2 Å². The minimum atomic E-state index is -5.05. The third-order valence-electron chi connectivity index (χ3n) is 6.50. The van der Waals surface area contributed by atoms with Gasteiger partial charge in [-0.05, 0) is 44.0 Å². The lowest BCUT2D eigenvalue weighted by molar-refractivity contribution is -0.199. The second-order valence-corrected chi connectivity index (χ2v) is 11.3. The van der Waals surface area contributed by atoms with Crippen LogP contribution in [0.2, 0.25) is 0 Å². The average Bonchev–Trinajstić information content (AvgIpc) is 2.98. The van der Waals surface area contributed by atoms with Crippen molar-refractivity contribution in [3.8, 4) is 34.0 Å². The molecular formula is C32H31F4N5O6. The molecule has 2 aromatic heterocycles. The van der Waals surface area contributed by atoms with Crippen LogP contribution in [0.3, 0.4) is 0 Å². The molecule has 0 spiro atoms. The van der Waals surface area contributed by atoms with Crippen LogP contribution in [0.25, 0.3) is 22.4 Å². The predicted molar refractivity (Wildman–Crippen MR) is 162 cm³/mol. The number of amides is 1. The summed E-state index contributed by atoms with van der Waals surface area (Å²) in [6.45, 7) is 4.91. The van der Waals surface area contributed by atoms with E-state index in [0.29, 0.717) is 22.4 Å². The van der Waals surface area contributed by atoms with Crippen LogP contribution in [0.15, 0.2) is 67.0 Å². The molecular weight excluding hydrogens is 626 g/mol. The number of carbonyl (C=O) groups is 2. The van der Waals surface area contributed by atoms with Gasteiger partial charge in [0, 0.05) is 35.4 Å². The van der Waals surface area contributed by atoms with Gasteiger partial charge in [0.15, 0.2) is 0 Å². The molecule has 2 aromatic carbocycles. The van der Waals surface area contributed by atoms with Gasteiger partial charge >= 0.3 is 18.2 Å². The lowest BCUT2D eigenvalue weighted by Crippen LogP contribution is -2.44. The predicted octanol–water partition coefficient (Wildman–Crippen LogP) is 6.14. The van der Waals surface area contributed by atoms with Crippen molar-refractivity contribution >= 4 is 18.0 Å². The number of nitrogens with zero attached hydrogens (tertiary/aromatic N) is 3. The molecule has 47 heavy (non-hydrogen) atoms. The Hall–Kier alpha value is -5.47. The van der Waals surface area contributed by atoms with Gasteiger partial charge in [0.1, 0.15) is 23.2 Å². The molecule has 248 valence electrons. The maximum absolute atomic E-state index is 15.2. The molecule has 2 atom stereocenters. The van der Waals surface area contributed by atoms with Crippen LogP contribution < -0.4 is 20.5 Å². The number of methoxy groups -OCH3 is 1. The molecule has 4 aromatic rings. The highest BCUT2D eigenvalue weighted by atomic mass is 19.4. The Morgan fingerprint density at radius 2 is 1.64 bits per heavy atom. The van der Waals surface area contributed by atoms with E-state index < -0.39 is 59.2 Å². The van der Waals surface area contributed by atoms with E-state index in [4.69, 9.17) is 19.9 Å². The summed E-state index contributed by atoms with van der Waals surface area (Å²) >= 11 is 0. The minimum Gasteiger partial charge on any atom is -0.495 e. The van der Waals surface area contributed by atoms with Gasteiger partial charge in [-0.15, -0.1) is 0 Å². The van der Waals surface area contributed by atoms with Crippen molar-refractivity contribution in [2.75, 3.05) is 12.8 Å². The number of nitrogens with two attached hydrogens (primary N) is 1. The number of pyridine rings is 1. The van der Waals surface area contributed by atoms with Crippen LogP contribution in [0.1, 0.15) is 38.0 Å². The van der Waals surface area contributed by atoms with E-state index >= 15 is 4.39 Å². The van der Waals surface area contributed by atoms with Crippen molar-refractivity contribution in [3.63, 3.8) is 0 Å². The fourth-order valence-electron chi connectivity index (χ4n) is 4.38. The van der Waals surface area contributed by atoms with Crippen LogP contribution in [0, 0.1) is 5.82 Å². The van der Waals surface area contributed by atoms with Crippen molar-refractivity contribution in [2.45, 2.75) is 51.1 Å². The summed E-state index contributed by atoms with van der Waals surface area (Å²) in [6.07, 6.45) is -5.93. The van der Waals surface area contributed by atoms with Crippen LogP contribution in [0.5, 0.6) is 11.6 Å². The summed E-state index contributed by atoms with van der Waals surface area (Å²) in [5.74, 6) is -3.04. The zero-order chi connectivity index (χ0) is 34.5.